The summed E-state index contributed by atoms with van der Waals surface area (Å²) in [7, 11) is -3.77. The molecule has 0 fully saturated rings. The zero-order valence-corrected chi connectivity index (χ0v) is 13.7. The van der Waals surface area contributed by atoms with Gasteiger partial charge in [-0.25, -0.2) is 8.42 Å². The van der Waals surface area contributed by atoms with E-state index >= 15 is 0 Å². The number of allylic oxidation sites excluding steroid dienone is 1. The third kappa shape index (κ3) is 3.18. The van der Waals surface area contributed by atoms with Crippen molar-refractivity contribution in [3.8, 4) is 6.07 Å². The van der Waals surface area contributed by atoms with Gasteiger partial charge in [-0.1, -0.05) is 17.7 Å². The van der Waals surface area contributed by atoms with E-state index in [-0.39, 0.29) is 9.80 Å². The van der Waals surface area contributed by atoms with E-state index < -0.39 is 9.84 Å². The van der Waals surface area contributed by atoms with Crippen molar-refractivity contribution in [2.45, 2.75) is 11.8 Å². The molecule has 3 nitrogen and oxygen atoms in total. The molecule has 0 unspecified atom stereocenters. The highest BCUT2D eigenvalue weighted by molar-refractivity contribution is 9.10. The average Bonchev–Trinajstić information content (AvgIpc) is 2.82. The first kappa shape index (κ1) is 15.0. The predicted molar refractivity (Wildman–Crippen MR) is 84.0 cm³/mol. The molecule has 0 aliphatic carbocycles. The van der Waals surface area contributed by atoms with E-state index in [9.17, 15) is 8.42 Å². The summed E-state index contributed by atoms with van der Waals surface area (Å²) in [5.74, 6) is 0. The van der Waals surface area contributed by atoms with E-state index in [4.69, 9.17) is 5.26 Å². The molecule has 0 atom stereocenters. The third-order valence-electron chi connectivity index (χ3n) is 2.59. The Morgan fingerprint density at radius 1 is 1.35 bits per heavy atom. The predicted octanol–water partition coefficient (Wildman–Crippen LogP) is 4.16. The number of nitrogens with zero attached hydrogens (tertiary/aromatic N) is 1. The van der Waals surface area contributed by atoms with Crippen molar-refractivity contribution in [3.63, 3.8) is 0 Å². The molecular weight excluding hydrogens is 358 g/mol. The molecule has 1 aromatic carbocycles. The van der Waals surface area contributed by atoms with Crippen LogP contribution in [0.3, 0.4) is 0 Å². The summed E-state index contributed by atoms with van der Waals surface area (Å²) < 4.78 is 25.6. The molecule has 0 N–H and O–H groups in total. The fraction of sp³-hybridized carbons (Fsp3) is 0.0714. The van der Waals surface area contributed by atoms with E-state index in [0.717, 1.165) is 10.0 Å². The van der Waals surface area contributed by atoms with Gasteiger partial charge >= 0.3 is 0 Å². The van der Waals surface area contributed by atoms with Gasteiger partial charge in [-0.15, -0.1) is 11.3 Å². The molecule has 0 radical (unpaired) electrons. The van der Waals surface area contributed by atoms with Gasteiger partial charge in [-0.2, -0.15) is 5.26 Å². The molecule has 20 heavy (non-hydrogen) atoms. The monoisotopic (exact) mass is 367 g/mol. The number of hydrogen-bond acceptors (Lipinski definition) is 4. The number of hydrogen-bond donors (Lipinski definition) is 0. The molecule has 0 saturated carbocycles. The second-order valence-electron chi connectivity index (χ2n) is 4.10. The zero-order chi connectivity index (χ0) is 14.8. The number of aryl methyl sites for hydroxylation is 1. The quantitative estimate of drug-likeness (QED) is 0.765. The van der Waals surface area contributed by atoms with Crippen LogP contribution in [0.25, 0.3) is 6.08 Å². The van der Waals surface area contributed by atoms with Gasteiger partial charge in [0.1, 0.15) is 6.07 Å². The van der Waals surface area contributed by atoms with E-state index in [1.807, 2.05) is 12.3 Å². The second-order valence-corrected chi connectivity index (χ2v) is 7.88. The molecular formula is C14H10BrNO2S2. The summed E-state index contributed by atoms with van der Waals surface area (Å²) in [6.07, 6.45) is 1.39. The Bertz CT molecular complexity index is 796. The van der Waals surface area contributed by atoms with Crippen molar-refractivity contribution in [1.29, 1.82) is 5.26 Å². The van der Waals surface area contributed by atoms with Crippen LogP contribution in [0.1, 0.15) is 10.4 Å². The number of nitriles is 1. The SMILES string of the molecule is Cc1ccc(S(=O)(=O)C(C#N)=Cc2cc(Br)cs2)cc1. The third-order valence-corrected chi connectivity index (χ3v) is 5.91. The lowest BCUT2D eigenvalue weighted by molar-refractivity contribution is 0.603. The highest BCUT2D eigenvalue weighted by Crippen LogP contribution is 2.26. The fourth-order valence-corrected chi connectivity index (χ4v) is 4.15. The van der Waals surface area contributed by atoms with E-state index in [0.29, 0.717) is 4.88 Å². The van der Waals surface area contributed by atoms with Crippen molar-refractivity contribution in [3.05, 3.63) is 55.5 Å². The Labute approximate surface area is 130 Å². The van der Waals surface area contributed by atoms with E-state index in [2.05, 4.69) is 15.9 Å². The first-order valence-electron chi connectivity index (χ1n) is 5.61. The highest BCUT2D eigenvalue weighted by Gasteiger charge is 2.20. The number of thiophene rings is 1. The molecule has 0 aliphatic rings. The number of sulfone groups is 1. The van der Waals surface area contributed by atoms with Gasteiger partial charge in [-0.3, -0.25) is 0 Å². The second kappa shape index (κ2) is 5.92. The summed E-state index contributed by atoms with van der Waals surface area (Å²) >= 11 is 4.66. The maximum Gasteiger partial charge on any atom is 0.216 e. The van der Waals surface area contributed by atoms with Crippen LogP contribution in [-0.2, 0) is 9.84 Å². The fourth-order valence-electron chi connectivity index (χ4n) is 1.55. The first-order chi connectivity index (χ1) is 9.43. The maximum atomic E-state index is 12.4. The van der Waals surface area contributed by atoms with Crippen LogP contribution in [0.15, 0.2) is 50.0 Å². The number of halogens is 1. The molecule has 2 aromatic rings. The molecule has 1 heterocycles. The van der Waals surface area contributed by atoms with Gasteiger partial charge in [0, 0.05) is 14.7 Å². The highest BCUT2D eigenvalue weighted by atomic mass is 79.9. The van der Waals surface area contributed by atoms with Crippen LogP contribution in [0.5, 0.6) is 0 Å². The normalized spacial score (nSPS) is 12.2. The molecule has 0 aliphatic heterocycles. The Hall–Kier alpha value is -1.42. The van der Waals surface area contributed by atoms with Crippen LogP contribution in [-0.4, -0.2) is 8.42 Å². The summed E-state index contributed by atoms with van der Waals surface area (Å²) in [4.78, 5) is 0.589. The van der Waals surface area contributed by atoms with Crippen molar-refractivity contribution < 1.29 is 8.42 Å². The zero-order valence-electron chi connectivity index (χ0n) is 10.5. The lowest BCUT2D eigenvalue weighted by Crippen LogP contribution is -2.03. The molecule has 1 aromatic heterocycles. The summed E-state index contributed by atoms with van der Waals surface area (Å²) in [6.45, 7) is 1.88. The van der Waals surface area contributed by atoms with Gasteiger partial charge in [0.05, 0.1) is 4.90 Å². The minimum absolute atomic E-state index is 0.131. The molecule has 2 rings (SSSR count). The molecule has 0 bridgehead atoms. The lowest BCUT2D eigenvalue weighted by Gasteiger charge is -2.03. The largest absolute Gasteiger partial charge is 0.218 e. The minimum Gasteiger partial charge on any atom is -0.218 e. The summed E-state index contributed by atoms with van der Waals surface area (Å²) in [5.41, 5.74) is 0.966. The molecule has 0 saturated heterocycles. The molecule has 0 amide bonds. The van der Waals surface area contributed by atoms with Crippen LogP contribution >= 0.6 is 27.3 Å². The molecule has 6 heteroatoms. The Morgan fingerprint density at radius 3 is 2.50 bits per heavy atom. The lowest BCUT2D eigenvalue weighted by atomic mass is 10.2. The minimum atomic E-state index is -3.77. The van der Waals surface area contributed by atoms with E-state index in [1.165, 1.54) is 29.5 Å². The molecule has 102 valence electrons. The topological polar surface area (TPSA) is 57.9 Å². The Kier molecular flexibility index (Phi) is 4.43. The van der Waals surface area contributed by atoms with Crippen LogP contribution in [0.4, 0.5) is 0 Å². The van der Waals surface area contributed by atoms with Crippen LogP contribution in [0, 0.1) is 18.3 Å². The first-order valence-corrected chi connectivity index (χ1v) is 8.76. The van der Waals surface area contributed by atoms with Crippen LogP contribution < -0.4 is 0 Å². The maximum absolute atomic E-state index is 12.4. The van der Waals surface area contributed by atoms with Gasteiger partial charge in [-0.05, 0) is 47.1 Å². The standard InChI is InChI=1S/C14H10BrNO2S2/c1-10-2-4-13(5-3-10)20(17,18)14(8-16)7-12-6-11(15)9-19-12/h2-7,9H,1H3. The van der Waals surface area contributed by atoms with Crippen molar-refractivity contribution >= 4 is 43.2 Å². The van der Waals surface area contributed by atoms with Gasteiger partial charge in [0.2, 0.25) is 9.84 Å². The number of rotatable bonds is 3. The van der Waals surface area contributed by atoms with Crippen molar-refractivity contribution in [1.82, 2.24) is 0 Å². The Balaban J connectivity index is 2.48. The van der Waals surface area contributed by atoms with Gasteiger partial charge in [0.15, 0.2) is 4.91 Å². The summed E-state index contributed by atoms with van der Waals surface area (Å²) in [6, 6.07) is 10.0. The van der Waals surface area contributed by atoms with Gasteiger partial charge < -0.3 is 0 Å². The van der Waals surface area contributed by atoms with Crippen LogP contribution in [0.2, 0.25) is 0 Å². The van der Waals surface area contributed by atoms with Gasteiger partial charge in [0.25, 0.3) is 0 Å². The van der Waals surface area contributed by atoms with Crippen molar-refractivity contribution in [2.24, 2.45) is 0 Å². The average molecular weight is 368 g/mol. The molecule has 0 spiro atoms. The van der Waals surface area contributed by atoms with Crippen molar-refractivity contribution in [2.75, 3.05) is 0 Å². The Morgan fingerprint density at radius 2 is 2.00 bits per heavy atom. The van der Waals surface area contributed by atoms with E-state index in [1.54, 1.807) is 24.3 Å². The smallest absolute Gasteiger partial charge is 0.216 e. The number of benzene rings is 1. The summed E-state index contributed by atoms with van der Waals surface area (Å²) in [5, 5.41) is 11.0.